The molecule has 4 N–H and O–H groups in total. The Balaban J connectivity index is 4.18. The Morgan fingerprint density at radius 2 is 0.714 bits per heavy atom. The molecule has 4 nitrogen and oxygen atoms in total. The van der Waals surface area contributed by atoms with Crippen LogP contribution in [-0.2, 0) is 0 Å². The second-order valence-electron chi connectivity index (χ2n) is 10.9. The highest BCUT2D eigenvalue weighted by atomic mass is 16.3. The maximum atomic E-state index is 8.95. The third-order valence-electron chi connectivity index (χ3n) is 7.45. The van der Waals surface area contributed by atoms with Crippen molar-refractivity contribution in [3.8, 4) is 0 Å². The third kappa shape index (κ3) is 26.7. The van der Waals surface area contributed by atoms with Crippen molar-refractivity contribution in [3.63, 3.8) is 0 Å². The Labute approximate surface area is 220 Å². The normalized spacial score (nSPS) is 13.4. The second-order valence-corrected chi connectivity index (χ2v) is 10.9. The molecule has 0 saturated heterocycles. The van der Waals surface area contributed by atoms with Crippen LogP contribution in [0, 0.1) is 0 Å². The van der Waals surface area contributed by atoms with Gasteiger partial charge in [-0.2, -0.15) is 0 Å². The van der Waals surface area contributed by atoms with Gasteiger partial charge in [0.05, 0.1) is 0 Å². The monoisotopic (exact) mass is 499 g/mol. The molecular weight excluding hydrogens is 432 g/mol. The summed E-state index contributed by atoms with van der Waals surface area (Å²) in [5.41, 5.74) is 0. The quantitative estimate of drug-likeness (QED) is 0.0760. The van der Waals surface area contributed by atoms with E-state index in [4.69, 9.17) is 10.2 Å². The Bertz CT molecular complexity index is 347. The summed E-state index contributed by atoms with van der Waals surface area (Å²) < 4.78 is 0. The predicted octanol–water partition coefficient (Wildman–Crippen LogP) is 7.90. The van der Waals surface area contributed by atoms with Crippen molar-refractivity contribution in [2.75, 3.05) is 26.3 Å². The van der Waals surface area contributed by atoms with Crippen LogP contribution in [0.3, 0.4) is 0 Å². The van der Waals surface area contributed by atoms with Crippen molar-refractivity contribution in [3.05, 3.63) is 0 Å². The summed E-state index contributed by atoms with van der Waals surface area (Å²) in [4.78, 5) is 0. The maximum absolute atomic E-state index is 8.95. The average molecular weight is 499 g/mol. The van der Waals surface area contributed by atoms with Crippen molar-refractivity contribution in [2.24, 2.45) is 0 Å². The summed E-state index contributed by atoms with van der Waals surface area (Å²) in [7, 11) is 0. The number of nitrogens with one attached hydrogen (secondary N) is 2. The van der Waals surface area contributed by atoms with Crippen molar-refractivity contribution in [1.82, 2.24) is 10.6 Å². The minimum atomic E-state index is 0.341. The van der Waals surface area contributed by atoms with Gasteiger partial charge in [0.25, 0.3) is 0 Å². The lowest BCUT2D eigenvalue weighted by Crippen LogP contribution is -2.30. The lowest BCUT2D eigenvalue weighted by molar-refractivity contribution is 0.282. The van der Waals surface area contributed by atoms with Crippen LogP contribution >= 0.6 is 0 Å². The fraction of sp³-hybridized carbons (Fsp3) is 1.00. The van der Waals surface area contributed by atoms with Crippen molar-refractivity contribution < 1.29 is 10.2 Å². The van der Waals surface area contributed by atoms with Gasteiger partial charge in [0.15, 0.2) is 0 Å². The molecule has 0 rings (SSSR count). The van der Waals surface area contributed by atoms with Crippen molar-refractivity contribution in [2.45, 2.75) is 174 Å². The van der Waals surface area contributed by atoms with Gasteiger partial charge in [-0.3, -0.25) is 0 Å². The highest BCUT2D eigenvalue weighted by molar-refractivity contribution is 4.70. The first-order valence-electron chi connectivity index (χ1n) is 16.0. The zero-order chi connectivity index (χ0) is 25.7. The van der Waals surface area contributed by atoms with Crippen LogP contribution in [0.5, 0.6) is 0 Å². The second kappa shape index (κ2) is 30.1. The molecule has 2 unspecified atom stereocenters. The summed E-state index contributed by atoms with van der Waals surface area (Å²) in [6.07, 6.45) is 29.6. The molecule has 0 amide bonds. The van der Waals surface area contributed by atoms with Gasteiger partial charge in [-0.1, -0.05) is 110 Å². The van der Waals surface area contributed by atoms with Crippen LogP contribution in [0.25, 0.3) is 0 Å². The molecule has 0 aliphatic rings. The smallest absolute Gasteiger partial charge is 0.0431 e. The molecule has 0 radical (unpaired) electrons. The van der Waals surface area contributed by atoms with E-state index in [1.54, 1.807) is 0 Å². The molecule has 0 aromatic rings. The number of hydrogen-bond donors (Lipinski definition) is 4. The van der Waals surface area contributed by atoms with E-state index < -0.39 is 0 Å². The van der Waals surface area contributed by atoms with Crippen LogP contribution in [-0.4, -0.2) is 48.6 Å². The van der Waals surface area contributed by atoms with Crippen molar-refractivity contribution >= 4 is 0 Å². The first-order valence-corrected chi connectivity index (χ1v) is 16.0. The van der Waals surface area contributed by atoms with E-state index in [0.717, 1.165) is 38.8 Å². The summed E-state index contributed by atoms with van der Waals surface area (Å²) in [6.45, 7) is 7.56. The standard InChI is InChI=1S/C31H66N2O2/c1-3-5-7-14-22-30(32-26-18-9-11-20-28-34)24-16-13-17-25-31(23-15-8-6-4-2)33-27-19-10-12-21-29-35/h30-35H,3-29H2,1-2H3. The Kier molecular flexibility index (Phi) is 29.9. The topological polar surface area (TPSA) is 64.5 Å². The van der Waals surface area contributed by atoms with Gasteiger partial charge in [0.2, 0.25) is 0 Å². The first kappa shape index (κ1) is 34.8. The zero-order valence-corrected chi connectivity index (χ0v) is 24.1. The SMILES string of the molecule is CCCCCCC(CCCCCC(CCCCCC)NCCCCCCO)NCCCCCCO. The maximum Gasteiger partial charge on any atom is 0.0431 e. The lowest BCUT2D eigenvalue weighted by atomic mass is 9.98. The molecule has 0 aromatic heterocycles. The summed E-state index contributed by atoms with van der Waals surface area (Å²) in [6, 6.07) is 1.40. The molecule has 0 aliphatic carbocycles. The van der Waals surface area contributed by atoms with Crippen LogP contribution in [0.2, 0.25) is 0 Å². The summed E-state index contributed by atoms with van der Waals surface area (Å²) in [5.74, 6) is 0. The van der Waals surface area contributed by atoms with Gasteiger partial charge >= 0.3 is 0 Å². The minimum Gasteiger partial charge on any atom is -0.396 e. The summed E-state index contributed by atoms with van der Waals surface area (Å²) in [5, 5.41) is 25.6. The summed E-state index contributed by atoms with van der Waals surface area (Å²) >= 11 is 0. The fourth-order valence-electron chi connectivity index (χ4n) is 5.08. The molecular formula is C31H66N2O2. The van der Waals surface area contributed by atoms with Crippen LogP contribution in [0.1, 0.15) is 162 Å². The van der Waals surface area contributed by atoms with Crippen molar-refractivity contribution in [1.29, 1.82) is 0 Å². The molecule has 4 heteroatoms. The largest absolute Gasteiger partial charge is 0.396 e. The third-order valence-corrected chi connectivity index (χ3v) is 7.45. The van der Waals surface area contributed by atoms with Gasteiger partial charge in [-0.25, -0.2) is 0 Å². The minimum absolute atomic E-state index is 0.341. The van der Waals surface area contributed by atoms with Gasteiger partial charge in [0.1, 0.15) is 0 Å². The Morgan fingerprint density at radius 1 is 0.400 bits per heavy atom. The molecule has 0 aromatic carbocycles. The molecule has 0 bridgehead atoms. The highest BCUT2D eigenvalue weighted by Gasteiger charge is 2.10. The molecule has 212 valence electrons. The van der Waals surface area contributed by atoms with E-state index in [9.17, 15) is 0 Å². The number of aliphatic hydroxyl groups excluding tert-OH is 2. The molecule has 0 fully saturated rings. The molecule has 0 heterocycles. The lowest BCUT2D eigenvalue weighted by Gasteiger charge is -2.21. The van der Waals surface area contributed by atoms with Crippen LogP contribution < -0.4 is 10.6 Å². The number of rotatable bonds is 30. The first-order chi connectivity index (χ1) is 17.3. The molecule has 2 atom stereocenters. The van der Waals surface area contributed by atoms with Gasteiger partial charge in [-0.05, 0) is 64.5 Å². The number of aliphatic hydroxyl groups is 2. The van der Waals surface area contributed by atoms with Gasteiger partial charge < -0.3 is 20.8 Å². The molecule has 0 spiro atoms. The van der Waals surface area contributed by atoms with Gasteiger partial charge in [-0.15, -0.1) is 0 Å². The Hall–Kier alpha value is -0.160. The van der Waals surface area contributed by atoms with E-state index >= 15 is 0 Å². The van der Waals surface area contributed by atoms with E-state index in [-0.39, 0.29) is 0 Å². The predicted molar refractivity (Wildman–Crippen MR) is 155 cm³/mol. The average Bonchev–Trinajstić information content (AvgIpc) is 2.87. The van der Waals surface area contributed by atoms with Crippen LogP contribution in [0.4, 0.5) is 0 Å². The Morgan fingerprint density at radius 3 is 1.06 bits per heavy atom. The highest BCUT2D eigenvalue weighted by Crippen LogP contribution is 2.16. The zero-order valence-electron chi connectivity index (χ0n) is 24.1. The molecule has 0 saturated carbocycles. The van der Waals surface area contributed by atoms with E-state index in [0.29, 0.717) is 25.3 Å². The van der Waals surface area contributed by atoms with E-state index in [1.165, 1.54) is 122 Å². The molecule has 0 aliphatic heterocycles. The van der Waals surface area contributed by atoms with Crippen LogP contribution in [0.15, 0.2) is 0 Å². The van der Waals surface area contributed by atoms with Gasteiger partial charge in [0, 0.05) is 25.3 Å². The molecule has 35 heavy (non-hydrogen) atoms. The fourth-order valence-corrected chi connectivity index (χ4v) is 5.08. The number of unbranched alkanes of at least 4 members (excludes halogenated alkanes) is 14. The van der Waals surface area contributed by atoms with E-state index in [2.05, 4.69) is 24.5 Å². The number of hydrogen-bond acceptors (Lipinski definition) is 4. The van der Waals surface area contributed by atoms with E-state index in [1.807, 2.05) is 0 Å².